The Morgan fingerprint density at radius 2 is 1.87 bits per heavy atom. The first-order valence-electron chi connectivity index (χ1n) is 10.8. The molecule has 0 bridgehead atoms. The maximum absolute atomic E-state index is 13.3. The van der Waals surface area contributed by atoms with Crippen LogP contribution < -0.4 is 20.2 Å². The molecule has 1 aromatic heterocycles. The molecule has 162 valence electrons. The second-order valence-corrected chi connectivity index (χ2v) is 7.73. The SMILES string of the molecule is CCCCCOc1ccc(C2NC(=O)c3oc4ccc(CC)cc4c(=O)c32)cc1OC. The molecule has 1 unspecified atom stereocenters. The first-order chi connectivity index (χ1) is 15.1. The van der Waals surface area contributed by atoms with Crippen LogP contribution in [0.25, 0.3) is 11.0 Å². The highest BCUT2D eigenvalue weighted by molar-refractivity contribution is 5.99. The quantitative estimate of drug-likeness (QED) is 0.530. The van der Waals surface area contributed by atoms with Crippen LogP contribution in [-0.2, 0) is 6.42 Å². The zero-order valence-corrected chi connectivity index (χ0v) is 18.1. The molecule has 0 saturated carbocycles. The van der Waals surface area contributed by atoms with Gasteiger partial charge in [-0.25, -0.2) is 0 Å². The van der Waals surface area contributed by atoms with E-state index < -0.39 is 11.9 Å². The van der Waals surface area contributed by atoms with E-state index in [0.29, 0.717) is 34.6 Å². The Balaban J connectivity index is 1.73. The Kier molecular flexibility index (Phi) is 5.98. The van der Waals surface area contributed by atoms with E-state index in [4.69, 9.17) is 13.9 Å². The molecular weight excluding hydrogens is 394 g/mol. The number of rotatable bonds is 8. The van der Waals surface area contributed by atoms with E-state index in [9.17, 15) is 9.59 Å². The molecule has 2 heterocycles. The number of nitrogens with one attached hydrogen (secondary N) is 1. The number of methoxy groups -OCH3 is 1. The molecule has 1 amide bonds. The van der Waals surface area contributed by atoms with Crippen molar-refractivity contribution in [3.05, 3.63) is 69.1 Å². The Labute approximate surface area is 181 Å². The molecule has 0 fully saturated rings. The summed E-state index contributed by atoms with van der Waals surface area (Å²) >= 11 is 0. The lowest BCUT2D eigenvalue weighted by atomic mass is 9.98. The van der Waals surface area contributed by atoms with Crippen molar-refractivity contribution in [3.8, 4) is 11.5 Å². The van der Waals surface area contributed by atoms with E-state index in [1.807, 2.05) is 31.2 Å². The van der Waals surface area contributed by atoms with E-state index >= 15 is 0 Å². The van der Waals surface area contributed by atoms with Gasteiger partial charge < -0.3 is 19.2 Å². The summed E-state index contributed by atoms with van der Waals surface area (Å²) in [7, 11) is 1.58. The number of unbranched alkanes of at least 4 members (excludes halogenated alkanes) is 2. The van der Waals surface area contributed by atoms with E-state index in [-0.39, 0.29) is 11.2 Å². The van der Waals surface area contributed by atoms with Gasteiger partial charge in [0.05, 0.1) is 30.7 Å². The topological polar surface area (TPSA) is 77.8 Å². The van der Waals surface area contributed by atoms with Crippen molar-refractivity contribution in [2.75, 3.05) is 13.7 Å². The number of aryl methyl sites for hydroxylation is 1. The van der Waals surface area contributed by atoms with Crippen molar-refractivity contribution in [1.82, 2.24) is 5.32 Å². The third-order valence-electron chi connectivity index (χ3n) is 5.69. The van der Waals surface area contributed by atoms with Gasteiger partial charge in [0, 0.05) is 0 Å². The van der Waals surface area contributed by atoms with Crippen molar-refractivity contribution < 1.29 is 18.7 Å². The normalized spacial score (nSPS) is 15.1. The fraction of sp³-hybridized carbons (Fsp3) is 0.360. The molecule has 6 nitrogen and oxygen atoms in total. The molecule has 1 atom stereocenters. The third-order valence-corrected chi connectivity index (χ3v) is 5.69. The van der Waals surface area contributed by atoms with Gasteiger partial charge in [-0.3, -0.25) is 9.59 Å². The van der Waals surface area contributed by atoms with Gasteiger partial charge in [-0.1, -0.05) is 38.8 Å². The molecule has 2 aromatic carbocycles. The zero-order valence-electron chi connectivity index (χ0n) is 18.1. The predicted octanol–water partition coefficient (Wildman–Crippen LogP) is 4.77. The number of amides is 1. The number of benzene rings is 2. The van der Waals surface area contributed by atoms with Crippen molar-refractivity contribution in [2.45, 2.75) is 45.6 Å². The number of ether oxygens (including phenoxy) is 2. The molecular formula is C25H27NO5. The summed E-state index contributed by atoms with van der Waals surface area (Å²) in [6.07, 6.45) is 4.01. The van der Waals surface area contributed by atoms with Gasteiger partial charge in [-0.05, 0) is 48.2 Å². The van der Waals surface area contributed by atoms with Gasteiger partial charge in [0.2, 0.25) is 5.76 Å². The van der Waals surface area contributed by atoms with Gasteiger partial charge in [0.1, 0.15) is 5.58 Å². The molecule has 0 radical (unpaired) electrons. The Morgan fingerprint density at radius 1 is 1.03 bits per heavy atom. The first kappa shape index (κ1) is 21.0. The van der Waals surface area contributed by atoms with Crippen LogP contribution in [0.15, 0.2) is 45.6 Å². The fourth-order valence-corrected chi connectivity index (χ4v) is 3.94. The molecule has 0 spiro atoms. The summed E-state index contributed by atoms with van der Waals surface area (Å²) < 4.78 is 17.2. The lowest BCUT2D eigenvalue weighted by Gasteiger charge is -2.16. The van der Waals surface area contributed by atoms with Gasteiger partial charge in [-0.15, -0.1) is 0 Å². The summed E-state index contributed by atoms with van der Waals surface area (Å²) in [5.74, 6) is 0.892. The van der Waals surface area contributed by atoms with Crippen LogP contribution in [0, 0.1) is 0 Å². The standard InChI is InChI=1S/C25H27NO5/c1-4-6-7-12-30-19-11-9-16(14-20(19)29-3)22-21-23(27)17-13-15(5-2)8-10-18(17)31-24(21)25(28)26-22/h8-11,13-14,22H,4-7,12H2,1-3H3,(H,26,28). The second-order valence-electron chi connectivity index (χ2n) is 7.73. The summed E-state index contributed by atoms with van der Waals surface area (Å²) in [6.45, 7) is 4.79. The molecule has 1 aliphatic rings. The number of hydrogen-bond acceptors (Lipinski definition) is 5. The Morgan fingerprint density at radius 3 is 2.61 bits per heavy atom. The van der Waals surface area contributed by atoms with E-state index in [1.165, 1.54) is 0 Å². The van der Waals surface area contributed by atoms with Gasteiger partial charge in [0.15, 0.2) is 16.9 Å². The Hall–Kier alpha value is -3.28. The van der Waals surface area contributed by atoms with Crippen molar-refractivity contribution in [2.24, 2.45) is 0 Å². The summed E-state index contributed by atoms with van der Waals surface area (Å²) in [4.78, 5) is 25.9. The minimum absolute atomic E-state index is 0.0746. The van der Waals surface area contributed by atoms with Crippen molar-refractivity contribution in [1.29, 1.82) is 0 Å². The van der Waals surface area contributed by atoms with Crippen molar-refractivity contribution in [3.63, 3.8) is 0 Å². The first-order valence-corrected chi connectivity index (χ1v) is 10.8. The van der Waals surface area contributed by atoms with Crippen molar-refractivity contribution >= 4 is 16.9 Å². The highest BCUT2D eigenvalue weighted by atomic mass is 16.5. The Bertz CT molecular complexity index is 1180. The summed E-state index contributed by atoms with van der Waals surface area (Å²) in [5.41, 5.74) is 2.35. The minimum Gasteiger partial charge on any atom is -0.493 e. The highest BCUT2D eigenvalue weighted by Gasteiger charge is 2.36. The lowest BCUT2D eigenvalue weighted by molar-refractivity contribution is 0.0938. The van der Waals surface area contributed by atoms with E-state index in [0.717, 1.165) is 36.8 Å². The fourth-order valence-electron chi connectivity index (χ4n) is 3.94. The van der Waals surface area contributed by atoms with Gasteiger partial charge >= 0.3 is 0 Å². The largest absolute Gasteiger partial charge is 0.493 e. The summed E-state index contributed by atoms with van der Waals surface area (Å²) in [5, 5.41) is 3.37. The molecule has 0 saturated heterocycles. The number of carbonyl (C=O) groups is 1. The van der Waals surface area contributed by atoms with E-state index in [2.05, 4.69) is 12.2 Å². The maximum Gasteiger partial charge on any atom is 0.288 e. The van der Waals surface area contributed by atoms with Crippen LogP contribution in [0.3, 0.4) is 0 Å². The lowest BCUT2D eigenvalue weighted by Crippen LogP contribution is -2.22. The average molecular weight is 421 g/mol. The average Bonchev–Trinajstić information content (AvgIpc) is 3.13. The number of hydrogen-bond donors (Lipinski definition) is 1. The number of fused-ring (bicyclic) bond motifs is 2. The van der Waals surface area contributed by atoms with Gasteiger partial charge in [0.25, 0.3) is 5.91 Å². The molecule has 1 aliphatic heterocycles. The van der Waals surface area contributed by atoms with Crippen LogP contribution in [0.2, 0.25) is 0 Å². The van der Waals surface area contributed by atoms with Crippen LogP contribution in [0.5, 0.6) is 11.5 Å². The minimum atomic E-state index is -0.600. The maximum atomic E-state index is 13.3. The predicted molar refractivity (Wildman–Crippen MR) is 119 cm³/mol. The monoisotopic (exact) mass is 421 g/mol. The molecule has 3 aromatic rings. The molecule has 0 aliphatic carbocycles. The van der Waals surface area contributed by atoms with Crippen LogP contribution in [0.1, 0.15) is 66.4 Å². The highest BCUT2D eigenvalue weighted by Crippen LogP contribution is 2.36. The molecule has 31 heavy (non-hydrogen) atoms. The van der Waals surface area contributed by atoms with Crippen LogP contribution >= 0.6 is 0 Å². The zero-order chi connectivity index (χ0) is 22.0. The van der Waals surface area contributed by atoms with E-state index in [1.54, 1.807) is 19.2 Å². The molecule has 4 rings (SSSR count). The van der Waals surface area contributed by atoms with Crippen LogP contribution in [-0.4, -0.2) is 19.6 Å². The smallest absolute Gasteiger partial charge is 0.288 e. The number of carbonyl (C=O) groups excluding carboxylic acids is 1. The van der Waals surface area contributed by atoms with Gasteiger partial charge in [-0.2, -0.15) is 0 Å². The van der Waals surface area contributed by atoms with Crippen LogP contribution in [0.4, 0.5) is 0 Å². The molecule has 6 heteroatoms. The summed E-state index contributed by atoms with van der Waals surface area (Å²) in [6, 6.07) is 10.4. The third kappa shape index (κ3) is 3.90. The molecule has 1 N–H and O–H groups in total. The second kappa shape index (κ2) is 8.84.